The van der Waals surface area contributed by atoms with Crippen LogP contribution in [0.2, 0.25) is 0 Å². The molecule has 0 unspecified atom stereocenters. The monoisotopic (exact) mass is 215 g/mol. The van der Waals surface area contributed by atoms with Crippen LogP contribution in [0, 0.1) is 16.7 Å². The van der Waals surface area contributed by atoms with E-state index in [0.29, 0.717) is 0 Å². The van der Waals surface area contributed by atoms with Crippen LogP contribution in [0.5, 0.6) is 0 Å². The van der Waals surface area contributed by atoms with Crippen molar-refractivity contribution in [1.29, 1.82) is 0 Å². The number of rotatable bonds is 2. The average molecular weight is 216 g/mol. The van der Waals surface area contributed by atoms with E-state index in [2.05, 4.69) is 0 Å². The van der Waals surface area contributed by atoms with Crippen LogP contribution in [0.15, 0.2) is 0 Å². The number of halogens is 1. The first kappa shape index (κ1) is 10.8. The van der Waals surface area contributed by atoms with E-state index in [9.17, 15) is 0 Å². The summed E-state index contributed by atoms with van der Waals surface area (Å²) in [5.41, 5.74) is 7.31. The molecule has 3 fully saturated rings. The predicted molar refractivity (Wildman–Crippen MR) is 61.6 cm³/mol. The molecule has 2 heteroatoms. The largest absolute Gasteiger partial charge is 0.330 e. The Morgan fingerprint density at radius 3 is 2.14 bits per heavy atom. The second-order valence-corrected chi connectivity index (χ2v) is 6.06. The van der Waals surface area contributed by atoms with E-state index in [1.807, 2.05) is 0 Å². The highest BCUT2D eigenvalue weighted by Gasteiger charge is 2.60. The molecule has 1 nitrogen and oxygen atoms in total. The maximum atomic E-state index is 5.58. The Bertz CT molecular complexity index is 206. The zero-order valence-electron chi connectivity index (χ0n) is 8.93. The summed E-state index contributed by atoms with van der Waals surface area (Å²) in [7, 11) is 0. The number of hydrogen-bond donors (Lipinski definition) is 1. The van der Waals surface area contributed by atoms with Crippen LogP contribution < -0.4 is 5.73 Å². The molecule has 0 amide bonds. The fraction of sp³-hybridized carbons (Fsp3) is 1.00. The third-order valence-electron chi connectivity index (χ3n) is 4.93. The highest BCUT2D eigenvalue weighted by atomic mass is 35.5. The Morgan fingerprint density at radius 1 is 1.07 bits per heavy atom. The van der Waals surface area contributed by atoms with Crippen LogP contribution >= 0.6 is 12.4 Å². The topological polar surface area (TPSA) is 26.0 Å². The number of nitrogens with two attached hydrogens (primary N) is 1. The molecule has 3 saturated carbocycles. The molecule has 3 aliphatic rings. The van der Waals surface area contributed by atoms with E-state index in [0.717, 1.165) is 23.3 Å². The molecule has 0 aliphatic heterocycles. The van der Waals surface area contributed by atoms with Gasteiger partial charge in [0.25, 0.3) is 0 Å². The minimum atomic E-state index is 0. The lowest BCUT2D eigenvalue weighted by Gasteiger charge is -2.67. The molecule has 2 spiro atoms. The molecule has 0 heterocycles. The van der Waals surface area contributed by atoms with Crippen molar-refractivity contribution in [2.45, 2.75) is 51.4 Å². The lowest BCUT2D eigenvalue weighted by Crippen LogP contribution is -2.56. The second kappa shape index (κ2) is 3.38. The van der Waals surface area contributed by atoms with Gasteiger partial charge in [-0.05, 0) is 68.2 Å². The van der Waals surface area contributed by atoms with E-state index in [1.54, 1.807) is 25.7 Å². The Kier molecular flexibility index (Phi) is 2.60. The molecule has 0 aromatic carbocycles. The van der Waals surface area contributed by atoms with Gasteiger partial charge in [-0.15, -0.1) is 12.4 Å². The molecule has 14 heavy (non-hydrogen) atoms. The van der Waals surface area contributed by atoms with E-state index < -0.39 is 0 Å². The summed E-state index contributed by atoms with van der Waals surface area (Å²) in [6.45, 7) is 0.909. The summed E-state index contributed by atoms with van der Waals surface area (Å²) in [5.74, 6) is 1.00. The molecule has 0 radical (unpaired) electrons. The SMILES string of the molecule is Cl.NCCC1CC2(C1)CC1(CCC1)C2. The van der Waals surface area contributed by atoms with Gasteiger partial charge in [-0.25, -0.2) is 0 Å². The quantitative estimate of drug-likeness (QED) is 0.753. The fourth-order valence-corrected chi connectivity index (χ4v) is 4.46. The molecule has 0 aromatic rings. The maximum Gasteiger partial charge on any atom is -0.00746 e. The van der Waals surface area contributed by atoms with Crippen LogP contribution in [-0.4, -0.2) is 6.54 Å². The Labute approximate surface area is 93.2 Å². The van der Waals surface area contributed by atoms with Gasteiger partial charge < -0.3 is 5.73 Å². The van der Waals surface area contributed by atoms with Crippen molar-refractivity contribution in [3.05, 3.63) is 0 Å². The maximum absolute atomic E-state index is 5.58. The molecule has 0 saturated heterocycles. The van der Waals surface area contributed by atoms with Gasteiger partial charge >= 0.3 is 0 Å². The third-order valence-corrected chi connectivity index (χ3v) is 4.93. The first-order valence-electron chi connectivity index (χ1n) is 5.96. The molecule has 0 bridgehead atoms. The minimum absolute atomic E-state index is 0. The smallest absolute Gasteiger partial charge is 0.00746 e. The Hall–Kier alpha value is 0.250. The van der Waals surface area contributed by atoms with Gasteiger partial charge in [-0.2, -0.15) is 0 Å². The molecular weight excluding hydrogens is 194 g/mol. The summed E-state index contributed by atoms with van der Waals surface area (Å²) in [5, 5.41) is 0. The fourth-order valence-electron chi connectivity index (χ4n) is 4.46. The zero-order chi connectivity index (χ0) is 8.94. The average Bonchev–Trinajstić information content (AvgIpc) is 1.87. The van der Waals surface area contributed by atoms with Crippen molar-refractivity contribution >= 4 is 12.4 Å². The zero-order valence-corrected chi connectivity index (χ0v) is 9.74. The van der Waals surface area contributed by atoms with Crippen LogP contribution in [0.25, 0.3) is 0 Å². The third kappa shape index (κ3) is 1.40. The standard InChI is InChI=1S/C12H21N.ClH/c13-5-2-10-6-12(7-10)8-11(9-12)3-1-4-11;/h10H,1-9,13H2;1H. The van der Waals surface area contributed by atoms with E-state index in [1.165, 1.54) is 25.7 Å². The Balaban J connectivity index is 0.000000750. The molecule has 2 N–H and O–H groups in total. The van der Waals surface area contributed by atoms with Crippen molar-refractivity contribution in [2.24, 2.45) is 22.5 Å². The van der Waals surface area contributed by atoms with E-state index in [-0.39, 0.29) is 12.4 Å². The molecule has 3 rings (SSSR count). The lowest BCUT2D eigenvalue weighted by molar-refractivity contribution is -0.163. The highest BCUT2D eigenvalue weighted by molar-refractivity contribution is 5.85. The molecule has 3 aliphatic carbocycles. The first-order chi connectivity index (χ1) is 6.26. The first-order valence-corrected chi connectivity index (χ1v) is 5.96. The molecule has 0 atom stereocenters. The van der Waals surface area contributed by atoms with E-state index in [4.69, 9.17) is 5.73 Å². The van der Waals surface area contributed by atoms with Crippen molar-refractivity contribution in [3.63, 3.8) is 0 Å². The predicted octanol–water partition coefficient (Wildman–Crippen LogP) is 3.12. The Morgan fingerprint density at radius 2 is 1.71 bits per heavy atom. The number of hydrogen-bond acceptors (Lipinski definition) is 1. The minimum Gasteiger partial charge on any atom is -0.330 e. The van der Waals surface area contributed by atoms with Crippen LogP contribution in [0.3, 0.4) is 0 Å². The lowest BCUT2D eigenvalue weighted by atomic mass is 9.38. The molecular formula is C12H22ClN. The molecule has 0 aromatic heterocycles. The van der Waals surface area contributed by atoms with Gasteiger partial charge in [0.2, 0.25) is 0 Å². The second-order valence-electron chi connectivity index (χ2n) is 6.06. The normalized spacial score (nSPS) is 31.5. The summed E-state index contributed by atoms with van der Waals surface area (Å²) in [6, 6.07) is 0. The van der Waals surface area contributed by atoms with Gasteiger partial charge in [-0.3, -0.25) is 0 Å². The summed E-state index contributed by atoms with van der Waals surface area (Å²) in [4.78, 5) is 0. The van der Waals surface area contributed by atoms with Crippen LogP contribution in [0.1, 0.15) is 51.4 Å². The van der Waals surface area contributed by atoms with Crippen molar-refractivity contribution in [1.82, 2.24) is 0 Å². The van der Waals surface area contributed by atoms with Crippen molar-refractivity contribution in [3.8, 4) is 0 Å². The van der Waals surface area contributed by atoms with Crippen molar-refractivity contribution in [2.75, 3.05) is 6.54 Å². The van der Waals surface area contributed by atoms with E-state index >= 15 is 0 Å². The van der Waals surface area contributed by atoms with Gasteiger partial charge in [0.05, 0.1) is 0 Å². The van der Waals surface area contributed by atoms with Gasteiger partial charge in [0.15, 0.2) is 0 Å². The van der Waals surface area contributed by atoms with Gasteiger partial charge in [0, 0.05) is 0 Å². The van der Waals surface area contributed by atoms with Gasteiger partial charge in [0.1, 0.15) is 0 Å². The highest BCUT2D eigenvalue weighted by Crippen LogP contribution is 2.72. The summed E-state index contributed by atoms with van der Waals surface area (Å²) < 4.78 is 0. The summed E-state index contributed by atoms with van der Waals surface area (Å²) >= 11 is 0. The van der Waals surface area contributed by atoms with Crippen LogP contribution in [-0.2, 0) is 0 Å². The molecule has 82 valence electrons. The summed E-state index contributed by atoms with van der Waals surface area (Å²) in [6.07, 6.45) is 12.1. The van der Waals surface area contributed by atoms with Crippen LogP contribution in [0.4, 0.5) is 0 Å². The van der Waals surface area contributed by atoms with Crippen molar-refractivity contribution < 1.29 is 0 Å². The van der Waals surface area contributed by atoms with Gasteiger partial charge in [-0.1, -0.05) is 6.42 Å².